The standard InChI is InChI=1S/C21H21N3O3S2/c1-13-7-9-14(10-8-13)18-19(17(25)15-5-2-3-6-16(15)27-18)26-11-4-12-28-21-24-23-20(22)29-21/h2-3,5-10,18-19H,4,11-12H2,1H3,(H2,22,23). The van der Waals surface area contributed by atoms with E-state index in [1.54, 1.807) is 17.8 Å². The van der Waals surface area contributed by atoms with E-state index in [2.05, 4.69) is 10.2 Å². The lowest BCUT2D eigenvalue weighted by molar-refractivity contribution is -0.0213. The predicted octanol–water partition coefficient (Wildman–Crippen LogP) is 4.31. The molecule has 3 aromatic rings. The van der Waals surface area contributed by atoms with Crippen LogP contribution in [0.1, 0.15) is 34.0 Å². The van der Waals surface area contributed by atoms with Gasteiger partial charge in [-0.3, -0.25) is 4.79 Å². The summed E-state index contributed by atoms with van der Waals surface area (Å²) in [7, 11) is 0. The number of benzene rings is 2. The second-order valence-corrected chi connectivity index (χ2v) is 9.06. The molecule has 0 fully saturated rings. The van der Waals surface area contributed by atoms with Gasteiger partial charge in [0.15, 0.2) is 22.3 Å². The van der Waals surface area contributed by atoms with Crippen molar-refractivity contribution in [1.29, 1.82) is 0 Å². The average Bonchev–Trinajstić information content (AvgIpc) is 3.15. The van der Waals surface area contributed by atoms with Gasteiger partial charge < -0.3 is 15.2 Å². The molecular weight excluding hydrogens is 406 g/mol. The highest BCUT2D eigenvalue weighted by Crippen LogP contribution is 2.36. The highest BCUT2D eigenvalue weighted by Gasteiger charge is 2.38. The Morgan fingerprint density at radius 3 is 2.72 bits per heavy atom. The number of thioether (sulfide) groups is 1. The van der Waals surface area contributed by atoms with Crippen molar-refractivity contribution in [1.82, 2.24) is 10.2 Å². The van der Waals surface area contributed by atoms with Crippen LogP contribution in [-0.4, -0.2) is 34.4 Å². The van der Waals surface area contributed by atoms with E-state index in [1.165, 1.54) is 11.3 Å². The van der Waals surface area contributed by atoms with E-state index in [-0.39, 0.29) is 5.78 Å². The maximum absolute atomic E-state index is 13.1. The fourth-order valence-corrected chi connectivity index (χ4v) is 4.75. The number of ether oxygens (including phenoxy) is 2. The maximum Gasteiger partial charge on any atom is 0.203 e. The van der Waals surface area contributed by atoms with Crippen molar-refractivity contribution in [3.05, 3.63) is 65.2 Å². The topological polar surface area (TPSA) is 87.3 Å². The van der Waals surface area contributed by atoms with E-state index in [1.807, 2.05) is 49.4 Å². The molecule has 1 aromatic heterocycles. The Labute approximate surface area is 177 Å². The molecule has 2 unspecified atom stereocenters. The third-order valence-electron chi connectivity index (χ3n) is 4.58. The first-order valence-corrected chi connectivity index (χ1v) is 11.1. The summed E-state index contributed by atoms with van der Waals surface area (Å²) in [5, 5.41) is 8.26. The second-order valence-electron chi connectivity index (χ2n) is 6.71. The fraction of sp³-hybridized carbons (Fsp3) is 0.286. The van der Waals surface area contributed by atoms with Gasteiger partial charge in [-0.25, -0.2) is 0 Å². The number of aromatic nitrogens is 2. The molecule has 8 heteroatoms. The SMILES string of the molecule is Cc1ccc(C2Oc3ccccc3C(=O)C2OCCCSc2nnc(N)s2)cc1. The summed E-state index contributed by atoms with van der Waals surface area (Å²) < 4.78 is 13.1. The number of carbonyl (C=O) groups is 1. The number of hydrogen-bond donors (Lipinski definition) is 1. The Hall–Kier alpha value is -2.42. The van der Waals surface area contributed by atoms with Crippen LogP contribution >= 0.6 is 23.1 Å². The molecule has 0 aliphatic carbocycles. The lowest BCUT2D eigenvalue weighted by atomic mass is 9.93. The molecule has 1 aliphatic heterocycles. The first-order valence-electron chi connectivity index (χ1n) is 9.31. The molecule has 2 aromatic carbocycles. The number of fused-ring (bicyclic) bond motifs is 1. The van der Waals surface area contributed by atoms with E-state index < -0.39 is 12.2 Å². The van der Waals surface area contributed by atoms with Crippen molar-refractivity contribution >= 4 is 34.0 Å². The smallest absolute Gasteiger partial charge is 0.203 e. The van der Waals surface area contributed by atoms with Crippen LogP contribution < -0.4 is 10.5 Å². The maximum atomic E-state index is 13.1. The van der Waals surface area contributed by atoms with Crippen LogP contribution in [0.15, 0.2) is 52.9 Å². The second kappa shape index (κ2) is 8.94. The Morgan fingerprint density at radius 2 is 1.97 bits per heavy atom. The number of nitrogens with zero attached hydrogens (tertiary/aromatic N) is 2. The number of aryl methyl sites for hydroxylation is 1. The summed E-state index contributed by atoms with van der Waals surface area (Å²) in [6, 6.07) is 15.4. The van der Waals surface area contributed by atoms with Gasteiger partial charge in [-0.2, -0.15) is 0 Å². The molecule has 2 N–H and O–H groups in total. The highest BCUT2D eigenvalue weighted by atomic mass is 32.2. The van der Waals surface area contributed by atoms with Gasteiger partial charge in [0.05, 0.1) is 5.56 Å². The number of hydrogen-bond acceptors (Lipinski definition) is 8. The summed E-state index contributed by atoms with van der Waals surface area (Å²) in [5.74, 6) is 1.37. The quantitative estimate of drug-likeness (QED) is 0.444. The zero-order valence-electron chi connectivity index (χ0n) is 15.9. The average molecular weight is 428 g/mol. The van der Waals surface area contributed by atoms with Crippen LogP contribution in [0.4, 0.5) is 5.13 Å². The molecule has 1 aliphatic rings. The number of nitrogens with two attached hydrogens (primary N) is 1. The third-order valence-corrected chi connectivity index (χ3v) is 6.55. The number of para-hydroxylation sites is 1. The van der Waals surface area contributed by atoms with Crippen LogP contribution in [0, 0.1) is 6.92 Å². The summed E-state index contributed by atoms with van der Waals surface area (Å²) in [6.07, 6.45) is -0.362. The zero-order valence-corrected chi connectivity index (χ0v) is 17.5. The number of anilines is 1. The predicted molar refractivity (Wildman–Crippen MR) is 115 cm³/mol. The Morgan fingerprint density at radius 1 is 1.17 bits per heavy atom. The van der Waals surface area contributed by atoms with Gasteiger partial charge in [0.1, 0.15) is 5.75 Å². The van der Waals surface area contributed by atoms with Crippen molar-refractivity contribution in [2.45, 2.75) is 29.9 Å². The molecule has 0 saturated carbocycles. The molecule has 29 heavy (non-hydrogen) atoms. The molecular formula is C21H21N3O3S2. The minimum Gasteiger partial charge on any atom is -0.482 e. The Kier molecular flexibility index (Phi) is 6.13. The minimum atomic E-state index is -0.671. The number of nitrogen functional groups attached to an aromatic ring is 1. The van der Waals surface area contributed by atoms with Crippen molar-refractivity contribution in [2.24, 2.45) is 0 Å². The van der Waals surface area contributed by atoms with Crippen molar-refractivity contribution < 1.29 is 14.3 Å². The number of rotatable bonds is 7. The molecule has 2 atom stereocenters. The molecule has 6 nitrogen and oxygen atoms in total. The lowest BCUT2D eigenvalue weighted by Crippen LogP contribution is -2.38. The van der Waals surface area contributed by atoms with Gasteiger partial charge >= 0.3 is 0 Å². The van der Waals surface area contributed by atoms with Crippen molar-refractivity contribution in [3.63, 3.8) is 0 Å². The summed E-state index contributed by atoms with van der Waals surface area (Å²) in [4.78, 5) is 13.1. The van der Waals surface area contributed by atoms with Crippen molar-refractivity contribution in [3.8, 4) is 5.75 Å². The van der Waals surface area contributed by atoms with E-state index in [9.17, 15) is 4.79 Å². The molecule has 0 radical (unpaired) electrons. The number of carbonyl (C=O) groups excluding carboxylic acids is 1. The highest BCUT2D eigenvalue weighted by molar-refractivity contribution is 8.01. The van der Waals surface area contributed by atoms with Crippen LogP contribution in [0.2, 0.25) is 0 Å². The normalized spacial score (nSPS) is 18.3. The van der Waals surface area contributed by atoms with E-state index in [0.29, 0.717) is 23.1 Å². The van der Waals surface area contributed by atoms with Gasteiger partial charge in [0.25, 0.3) is 0 Å². The van der Waals surface area contributed by atoms with Crippen LogP contribution in [0.25, 0.3) is 0 Å². The Balaban J connectivity index is 1.44. The summed E-state index contributed by atoms with van der Waals surface area (Å²) in [6.45, 7) is 2.48. The third kappa shape index (κ3) is 4.60. The zero-order chi connectivity index (χ0) is 20.2. The number of Topliss-reactive ketones (excluding diaryl/α,β-unsaturated/α-hetero) is 1. The van der Waals surface area contributed by atoms with Gasteiger partial charge in [0.2, 0.25) is 5.13 Å². The van der Waals surface area contributed by atoms with E-state index in [4.69, 9.17) is 15.2 Å². The fourth-order valence-electron chi connectivity index (χ4n) is 3.13. The van der Waals surface area contributed by atoms with Gasteiger partial charge in [0, 0.05) is 12.4 Å². The lowest BCUT2D eigenvalue weighted by Gasteiger charge is -2.32. The molecule has 0 bridgehead atoms. The largest absolute Gasteiger partial charge is 0.482 e. The minimum absolute atomic E-state index is 0.0398. The molecule has 0 amide bonds. The van der Waals surface area contributed by atoms with Gasteiger partial charge in [-0.05, 0) is 31.0 Å². The van der Waals surface area contributed by atoms with Crippen LogP contribution in [-0.2, 0) is 4.74 Å². The van der Waals surface area contributed by atoms with E-state index >= 15 is 0 Å². The summed E-state index contributed by atoms with van der Waals surface area (Å²) in [5.41, 5.74) is 8.25. The molecule has 2 heterocycles. The molecule has 4 rings (SSSR count). The van der Waals surface area contributed by atoms with Crippen LogP contribution in [0.3, 0.4) is 0 Å². The van der Waals surface area contributed by atoms with Crippen molar-refractivity contribution in [2.75, 3.05) is 18.1 Å². The summed E-state index contributed by atoms with van der Waals surface area (Å²) >= 11 is 2.95. The first kappa shape index (κ1) is 19.9. The van der Waals surface area contributed by atoms with Gasteiger partial charge in [-0.15, -0.1) is 10.2 Å². The molecule has 0 saturated heterocycles. The molecule has 150 valence electrons. The van der Waals surface area contributed by atoms with Crippen LogP contribution in [0.5, 0.6) is 5.75 Å². The molecule has 0 spiro atoms. The Bertz CT molecular complexity index is 991. The monoisotopic (exact) mass is 427 g/mol. The van der Waals surface area contributed by atoms with Gasteiger partial charge in [-0.1, -0.05) is 65.1 Å². The number of ketones is 1. The first-order chi connectivity index (χ1) is 14.1. The van der Waals surface area contributed by atoms with E-state index in [0.717, 1.165) is 27.6 Å².